The maximum atomic E-state index is 12.8. The highest BCUT2D eigenvalue weighted by Gasteiger charge is 2.35. The van der Waals surface area contributed by atoms with Gasteiger partial charge < -0.3 is 5.11 Å². The van der Waals surface area contributed by atoms with Gasteiger partial charge in [0.25, 0.3) is 11.8 Å². The molecule has 1 heterocycles. The molecule has 0 unspecified atom stereocenters. The molecule has 2 amide bonds. The maximum absolute atomic E-state index is 12.8. The monoisotopic (exact) mass is 305 g/mol. The van der Waals surface area contributed by atoms with Crippen LogP contribution in [-0.2, 0) is 4.79 Å². The van der Waals surface area contributed by atoms with Crippen LogP contribution in [0.2, 0.25) is 0 Å². The second-order valence-electron chi connectivity index (χ2n) is 5.47. The van der Waals surface area contributed by atoms with Crippen LogP contribution in [0, 0.1) is 0 Å². The van der Waals surface area contributed by atoms with Crippen LogP contribution in [0.3, 0.4) is 0 Å². The van der Waals surface area contributed by atoms with Gasteiger partial charge in [-0.3, -0.25) is 19.3 Å². The highest BCUT2D eigenvalue weighted by Crippen LogP contribution is 2.35. The molecule has 0 atom stereocenters. The van der Waals surface area contributed by atoms with E-state index in [0.29, 0.717) is 16.5 Å². The highest BCUT2D eigenvalue weighted by atomic mass is 16.4. The normalized spacial score (nSPS) is 13.8. The molecule has 0 bridgehead atoms. The minimum absolute atomic E-state index is 0.365. The van der Waals surface area contributed by atoms with E-state index in [4.69, 9.17) is 5.11 Å². The average Bonchev–Trinajstić information content (AvgIpc) is 2.54. The molecule has 0 aromatic heterocycles. The lowest BCUT2D eigenvalue weighted by molar-refractivity contribution is -0.137. The molecule has 4 rings (SSSR count). The van der Waals surface area contributed by atoms with E-state index in [0.717, 1.165) is 21.1 Å². The number of imide groups is 1. The summed E-state index contributed by atoms with van der Waals surface area (Å²) in [5.41, 5.74) is 0.763. The van der Waals surface area contributed by atoms with Crippen molar-refractivity contribution in [3.8, 4) is 0 Å². The molecule has 1 aliphatic rings. The van der Waals surface area contributed by atoms with Crippen molar-refractivity contribution in [3.05, 3.63) is 59.7 Å². The molecule has 3 aromatic rings. The number of carbonyl (C=O) groups excluding carboxylic acids is 2. The summed E-state index contributed by atoms with van der Waals surface area (Å²) in [5.74, 6) is -2.34. The van der Waals surface area contributed by atoms with E-state index < -0.39 is 24.3 Å². The predicted molar refractivity (Wildman–Crippen MR) is 84.5 cm³/mol. The Morgan fingerprint density at radius 2 is 1.70 bits per heavy atom. The zero-order chi connectivity index (χ0) is 16.1. The molecule has 0 saturated carbocycles. The Morgan fingerprint density at radius 3 is 2.48 bits per heavy atom. The Kier molecular flexibility index (Phi) is 2.72. The number of carboxylic acid groups (broad SMARTS) is 1. The second kappa shape index (κ2) is 4.64. The fourth-order valence-corrected chi connectivity index (χ4v) is 3.17. The number of fused-ring (bicyclic) bond motifs is 2. The first-order valence-electron chi connectivity index (χ1n) is 7.10. The van der Waals surface area contributed by atoms with E-state index >= 15 is 0 Å². The summed E-state index contributed by atoms with van der Waals surface area (Å²) in [6, 6.07) is 14.5. The van der Waals surface area contributed by atoms with Gasteiger partial charge in [0.1, 0.15) is 6.54 Å². The molecule has 1 N–H and O–H groups in total. The summed E-state index contributed by atoms with van der Waals surface area (Å²) in [4.78, 5) is 37.2. The minimum Gasteiger partial charge on any atom is -0.480 e. The van der Waals surface area contributed by atoms with Gasteiger partial charge in [-0.05, 0) is 28.3 Å². The lowest BCUT2D eigenvalue weighted by Gasteiger charge is -2.26. The third-order valence-corrected chi connectivity index (χ3v) is 4.12. The summed E-state index contributed by atoms with van der Waals surface area (Å²) in [7, 11) is 0. The summed E-state index contributed by atoms with van der Waals surface area (Å²) >= 11 is 0. The SMILES string of the molecule is O=C(O)CN1C(=O)c2cccc3cc4ccccc4c(c23)C1=O. The zero-order valence-electron chi connectivity index (χ0n) is 11.9. The molecular formula is C18H11NO4. The number of amides is 2. The highest BCUT2D eigenvalue weighted by molar-refractivity contribution is 6.30. The van der Waals surface area contributed by atoms with Crippen LogP contribution in [0.25, 0.3) is 21.5 Å². The number of nitrogens with zero attached hydrogens (tertiary/aromatic N) is 1. The average molecular weight is 305 g/mol. The maximum Gasteiger partial charge on any atom is 0.323 e. The number of benzene rings is 3. The number of rotatable bonds is 2. The van der Waals surface area contributed by atoms with E-state index in [-0.39, 0.29) is 0 Å². The van der Waals surface area contributed by atoms with Crippen LogP contribution in [-0.4, -0.2) is 34.3 Å². The van der Waals surface area contributed by atoms with E-state index in [1.165, 1.54) is 0 Å². The first-order valence-corrected chi connectivity index (χ1v) is 7.10. The fourth-order valence-electron chi connectivity index (χ4n) is 3.17. The van der Waals surface area contributed by atoms with Crippen molar-refractivity contribution in [3.63, 3.8) is 0 Å². The van der Waals surface area contributed by atoms with Crippen LogP contribution >= 0.6 is 0 Å². The molecule has 5 nitrogen and oxygen atoms in total. The van der Waals surface area contributed by atoms with Gasteiger partial charge in [-0.25, -0.2) is 0 Å². The fraction of sp³-hybridized carbons (Fsp3) is 0.0556. The van der Waals surface area contributed by atoms with Crippen LogP contribution in [0.5, 0.6) is 0 Å². The van der Waals surface area contributed by atoms with Crippen molar-refractivity contribution >= 4 is 39.3 Å². The summed E-state index contributed by atoms with van der Waals surface area (Å²) in [6.07, 6.45) is 0. The molecule has 0 saturated heterocycles. The third kappa shape index (κ3) is 1.83. The molecule has 0 spiro atoms. The molecule has 0 aliphatic carbocycles. The Bertz CT molecular complexity index is 1020. The number of carboxylic acids is 1. The van der Waals surface area contributed by atoms with Gasteiger partial charge in [-0.2, -0.15) is 0 Å². The van der Waals surface area contributed by atoms with Crippen molar-refractivity contribution in [2.75, 3.05) is 6.54 Å². The largest absolute Gasteiger partial charge is 0.480 e. The van der Waals surface area contributed by atoms with E-state index in [1.807, 2.05) is 36.4 Å². The first kappa shape index (κ1) is 13.5. The molecule has 3 aromatic carbocycles. The van der Waals surface area contributed by atoms with Crippen LogP contribution in [0.1, 0.15) is 20.7 Å². The zero-order valence-corrected chi connectivity index (χ0v) is 11.9. The second-order valence-corrected chi connectivity index (χ2v) is 5.47. The number of hydrogen-bond acceptors (Lipinski definition) is 3. The smallest absolute Gasteiger partial charge is 0.323 e. The third-order valence-electron chi connectivity index (χ3n) is 4.12. The predicted octanol–water partition coefficient (Wildman–Crippen LogP) is 2.67. The van der Waals surface area contributed by atoms with E-state index in [9.17, 15) is 14.4 Å². The van der Waals surface area contributed by atoms with E-state index in [1.54, 1.807) is 12.1 Å². The summed E-state index contributed by atoms with van der Waals surface area (Å²) < 4.78 is 0. The van der Waals surface area contributed by atoms with Crippen molar-refractivity contribution in [1.29, 1.82) is 0 Å². The summed E-state index contributed by atoms with van der Waals surface area (Å²) in [6.45, 7) is -0.642. The number of aliphatic carboxylic acids is 1. The van der Waals surface area contributed by atoms with Crippen LogP contribution < -0.4 is 0 Å². The van der Waals surface area contributed by atoms with Gasteiger partial charge in [-0.1, -0.05) is 36.4 Å². The molecule has 23 heavy (non-hydrogen) atoms. The first-order chi connectivity index (χ1) is 11.1. The van der Waals surface area contributed by atoms with Gasteiger partial charge in [0.05, 0.1) is 5.56 Å². The van der Waals surface area contributed by atoms with Gasteiger partial charge in [0.2, 0.25) is 0 Å². The van der Waals surface area contributed by atoms with Crippen LogP contribution in [0.15, 0.2) is 48.5 Å². The van der Waals surface area contributed by atoms with Gasteiger partial charge >= 0.3 is 5.97 Å². The molecule has 0 radical (unpaired) electrons. The van der Waals surface area contributed by atoms with Gasteiger partial charge in [0, 0.05) is 10.9 Å². The number of hydrogen-bond donors (Lipinski definition) is 1. The Labute approximate surface area is 130 Å². The van der Waals surface area contributed by atoms with Crippen molar-refractivity contribution in [1.82, 2.24) is 4.90 Å². The summed E-state index contributed by atoms with van der Waals surface area (Å²) in [5, 5.41) is 12.0. The Balaban J connectivity index is 2.14. The molecule has 5 heteroatoms. The standard InChI is InChI=1S/C18H11NO4/c20-14(21)9-19-17(22)13-7-3-5-11-8-10-4-1-2-6-12(10)16(15(11)13)18(19)23/h1-8H,9H2,(H,20,21). The number of carbonyl (C=O) groups is 3. The van der Waals surface area contributed by atoms with Crippen molar-refractivity contribution in [2.45, 2.75) is 0 Å². The minimum atomic E-state index is -1.22. The molecular weight excluding hydrogens is 294 g/mol. The van der Waals surface area contributed by atoms with Gasteiger partial charge in [-0.15, -0.1) is 0 Å². The molecule has 1 aliphatic heterocycles. The van der Waals surface area contributed by atoms with Crippen LogP contribution in [0.4, 0.5) is 0 Å². The molecule has 112 valence electrons. The molecule has 0 fully saturated rings. The van der Waals surface area contributed by atoms with Gasteiger partial charge in [0.15, 0.2) is 0 Å². The quantitative estimate of drug-likeness (QED) is 0.583. The Morgan fingerprint density at radius 1 is 0.957 bits per heavy atom. The van der Waals surface area contributed by atoms with E-state index in [2.05, 4.69) is 0 Å². The Hall–Kier alpha value is -3.21. The van der Waals surface area contributed by atoms with Crippen molar-refractivity contribution < 1.29 is 19.5 Å². The van der Waals surface area contributed by atoms with Crippen molar-refractivity contribution in [2.24, 2.45) is 0 Å². The lowest BCUT2D eigenvalue weighted by atomic mass is 9.89. The topological polar surface area (TPSA) is 74.7 Å². The lowest BCUT2D eigenvalue weighted by Crippen LogP contribution is -2.43.